The molecule has 0 heterocycles. The molecular weight excluding hydrogens is 318 g/mol. The van der Waals surface area contributed by atoms with Crippen LogP contribution in [0.25, 0.3) is 0 Å². The van der Waals surface area contributed by atoms with Crippen LogP contribution in [0.2, 0.25) is 0 Å². The Kier molecular flexibility index (Phi) is 4.93. The summed E-state index contributed by atoms with van der Waals surface area (Å²) in [6.07, 6.45) is 0. The van der Waals surface area contributed by atoms with Gasteiger partial charge in [-0.2, -0.15) is 0 Å². The molecule has 4 heteroatoms. The van der Waals surface area contributed by atoms with E-state index in [1.807, 2.05) is 55.5 Å². The third kappa shape index (κ3) is 3.92. The predicted molar refractivity (Wildman–Crippen MR) is 82.5 cm³/mol. The van der Waals surface area contributed by atoms with Gasteiger partial charge in [0.1, 0.15) is 6.04 Å². The zero-order valence-corrected chi connectivity index (χ0v) is 12.7. The monoisotopic (exact) mass is 333 g/mol. The van der Waals surface area contributed by atoms with Crippen LogP contribution in [0.4, 0.5) is 0 Å². The molecule has 2 aromatic carbocycles. The number of rotatable bonds is 5. The number of aliphatic carboxylic acids is 1. The van der Waals surface area contributed by atoms with Crippen molar-refractivity contribution in [1.29, 1.82) is 0 Å². The van der Waals surface area contributed by atoms with E-state index in [1.165, 1.54) is 0 Å². The molecule has 0 aliphatic carbocycles. The van der Waals surface area contributed by atoms with Crippen molar-refractivity contribution in [2.45, 2.75) is 19.5 Å². The van der Waals surface area contributed by atoms with E-state index in [-0.39, 0.29) is 0 Å². The fourth-order valence-corrected chi connectivity index (χ4v) is 2.42. The van der Waals surface area contributed by atoms with Crippen molar-refractivity contribution in [1.82, 2.24) is 5.32 Å². The molecule has 0 aromatic heterocycles. The van der Waals surface area contributed by atoms with E-state index in [0.717, 1.165) is 21.2 Å². The van der Waals surface area contributed by atoms with Crippen LogP contribution in [-0.4, -0.2) is 11.1 Å². The maximum Gasteiger partial charge on any atom is 0.325 e. The van der Waals surface area contributed by atoms with Crippen LogP contribution >= 0.6 is 15.9 Å². The Hall–Kier alpha value is -1.65. The molecule has 1 atom stereocenters. The van der Waals surface area contributed by atoms with E-state index in [2.05, 4.69) is 21.2 Å². The van der Waals surface area contributed by atoms with Crippen molar-refractivity contribution in [3.8, 4) is 0 Å². The van der Waals surface area contributed by atoms with Gasteiger partial charge < -0.3 is 5.11 Å². The highest BCUT2D eigenvalue weighted by Gasteiger charge is 2.18. The first kappa shape index (κ1) is 14.8. The molecule has 2 rings (SSSR count). The summed E-state index contributed by atoms with van der Waals surface area (Å²) >= 11 is 3.41. The largest absolute Gasteiger partial charge is 0.480 e. The fraction of sp³-hybridized carbons (Fsp3) is 0.188. The normalized spacial score (nSPS) is 12.1. The Morgan fingerprint density at radius 3 is 2.55 bits per heavy atom. The molecule has 0 fully saturated rings. The van der Waals surface area contributed by atoms with Gasteiger partial charge in [-0.05, 0) is 30.2 Å². The average Bonchev–Trinajstić information content (AvgIpc) is 2.41. The first-order chi connectivity index (χ1) is 9.56. The molecular formula is C16H16BrNO2. The summed E-state index contributed by atoms with van der Waals surface area (Å²) in [6.45, 7) is 2.48. The second-order valence-corrected chi connectivity index (χ2v) is 5.61. The summed E-state index contributed by atoms with van der Waals surface area (Å²) in [4.78, 5) is 11.4. The van der Waals surface area contributed by atoms with Gasteiger partial charge in [0.15, 0.2) is 0 Å². The lowest BCUT2D eigenvalue weighted by atomic mass is 10.0. The summed E-state index contributed by atoms with van der Waals surface area (Å²) in [5.41, 5.74) is 2.92. The minimum Gasteiger partial charge on any atom is -0.480 e. The average molecular weight is 334 g/mol. The van der Waals surface area contributed by atoms with Crippen LogP contribution in [0.15, 0.2) is 53.0 Å². The van der Waals surface area contributed by atoms with Crippen molar-refractivity contribution in [3.05, 3.63) is 69.7 Å². The molecule has 0 saturated carbocycles. The van der Waals surface area contributed by atoms with Crippen LogP contribution in [-0.2, 0) is 11.3 Å². The first-order valence-corrected chi connectivity index (χ1v) is 7.13. The number of halogens is 1. The number of carboxylic acids is 1. The van der Waals surface area contributed by atoms with Gasteiger partial charge >= 0.3 is 5.97 Å². The van der Waals surface area contributed by atoms with Crippen LogP contribution in [0.5, 0.6) is 0 Å². The van der Waals surface area contributed by atoms with E-state index in [9.17, 15) is 9.90 Å². The number of carboxylic acid groups (broad SMARTS) is 1. The highest BCUT2D eigenvalue weighted by atomic mass is 79.9. The lowest BCUT2D eigenvalue weighted by Gasteiger charge is -2.15. The number of nitrogens with one attached hydrogen (secondary N) is 1. The lowest BCUT2D eigenvalue weighted by molar-refractivity contribution is -0.139. The molecule has 2 N–H and O–H groups in total. The molecule has 3 nitrogen and oxygen atoms in total. The summed E-state index contributed by atoms with van der Waals surface area (Å²) in [6, 6.07) is 14.7. The fourth-order valence-electron chi connectivity index (χ4n) is 1.97. The standard InChI is InChI=1S/C16H16BrNO2/c1-11-5-7-13(8-6-11)15(16(19)20)18-10-12-3-2-4-14(17)9-12/h2-9,15,18H,10H2,1H3,(H,19,20). The second-order valence-electron chi connectivity index (χ2n) is 4.69. The van der Waals surface area contributed by atoms with Crippen LogP contribution < -0.4 is 5.32 Å². The topological polar surface area (TPSA) is 49.3 Å². The summed E-state index contributed by atoms with van der Waals surface area (Å²) in [5, 5.41) is 12.4. The highest BCUT2D eigenvalue weighted by molar-refractivity contribution is 9.10. The highest BCUT2D eigenvalue weighted by Crippen LogP contribution is 2.16. The van der Waals surface area contributed by atoms with Crippen LogP contribution in [0.3, 0.4) is 0 Å². The Morgan fingerprint density at radius 1 is 1.25 bits per heavy atom. The van der Waals surface area contributed by atoms with Crippen molar-refractivity contribution in [3.63, 3.8) is 0 Å². The van der Waals surface area contributed by atoms with Crippen molar-refractivity contribution in [2.24, 2.45) is 0 Å². The minimum absolute atomic E-state index is 0.504. The smallest absolute Gasteiger partial charge is 0.325 e. The van der Waals surface area contributed by atoms with Crippen LogP contribution in [0.1, 0.15) is 22.7 Å². The summed E-state index contributed by atoms with van der Waals surface area (Å²) in [7, 11) is 0. The van der Waals surface area contributed by atoms with Gasteiger partial charge in [0.2, 0.25) is 0 Å². The quantitative estimate of drug-likeness (QED) is 0.877. The SMILES string of the molecule is Cc1ccc(C(NCc2cccc(Br)c2)C(=O)O)cc1. The zero-order valence-electron chi connectivity index (χ0n) is 11.1. The van der Waals surface area contributed by atoms with E-state index in [4.69, 9.17) is 0 Å². The lowest BCUT2D eigenvalue weighted by Crippen LogP contribution is -2.28. The molecule has 0 bridgehead atoms. The number of benzene rings is 2. The number of hydrogen-bond donors (Lipinski definition) is 2. The molecule has 1 unspecified atom stereocenters. The van der Waals surface area contributed by atoms with Gasteiger partial charge in [0.25, 0.3) is 0 Å². The second kappa shape index (κ2) is 6.68. The summed E-state index contributed by atoms with van der Waals surface area (Å²) in [5.74, 6) is -0.871. The Balaban J connectivity index is 2.10. The van der Waals surface area contributed by atoms with Crippen molar-refractivity contribution >= 4 is 21.9 Å². The molecule has 2 aromatic rings. The molecule has 104 valence electrons. The number of aryl methyl sites for hydroxylation is 1. The van der Waals surface area contributed by atoms with Crippen molar-refractivity contribution in [2.75, 3.05) is 0 Å². The van der Waals surface area contributed by atoms with Gasteiger partial charge in [-0.15, -0.1) is 0 Å². The minimum atomic E-state index is -0.871. The molecule has 0 aliphatic heterocycles. The van der Waals surface area contributed by atoms with Gasteiger partial charge in [0, 0.05) is 11.0 Å². The van der Waals surface area contributed by atoms with Gasteiger partial charge in [-0.3, -0.25) is 10.1 Å². The Bertz CT molecular complexity index is 596. The third-order valence-electron chi connectivity index (χ3n) is 3.06. The van der Waals surface area contributed by atoms with Crippen LogP contribution in [0, 0.1) is 6.92 Å². The molecule has 0 radical (unpaired) electrons. The van der Waals surface area contributed by atoms with E-state index >= 15 is 0 Å². The number of carbonyl (C=O) groups is 1. The Labute approximate surface area is 126 Å². The van der Waals surface area contributed by atoms with Gasteiger partial charge in [-0.25, -0.2) is 0 Å². The maximum atomic E-state index is 11.4. The first-order valence-electron chi connectivity index (χ1n) is 6.33. The van der Waals surface area contributed by atoms with Gasteiger partial charge in [0.05, 0.1) is 0 Å². The predicted octanol–water partition coefficient (Wildman–Crippen LogP) is 3.67. The van der Waals surface area contributed by atoms with E-state index < -0.39 is 12.0 Å². The van der Waals surface area contributed by atoms with E-state index in [0.29, 0.717) is 6.54 Å². The van der Waals surface area contributed by atoms with Gasteiger partial charge in [-0.1, -0.05) is 57.9 Å². The van der Waals surface area contributed by atoms with Crippen molar-refractivity contribution < 1.29 is 9.90 Å². The molecule has 20 heavy (non-hydrogen) atoms. The molecule has 0 spiro atoms. The number of hydrogen-bond acceptors (Lipinski definition) is 2. The third-order valence-corrected chi connectivity index (χ3v) is 3.55. The summed E-state index contributed by atoms with van der Waals surface area (Å²) < 4.78 is 0.985. The molecule has 0 saturated heterocycles. The maximum absolute atomic E-state index is 11.4. The molecule has 0 aliphatic rings. The van der Waals surface area contributed by atoms with E-state index in [1.54, 1.807) is 0 Å². The Morgan fingerprint density at radius 2 is 1.95 bits per heavy atom. The zero-order chi connectivity index (χ0) is 14.5. The molecule has 0 amide bonds.